The molecule has 0 N–H and O–H groups in total. The van der Waals surface area contributed by atoms with Gasteiger partial charge in [0.1, 0.15) is 22.3 Å². The van der Waals surface area contributed by atoms with Crippen molar-refractivity contribution in [1.29, 1.82) is 0 Å². The van der Waals surface area contributed by atoms with Gasteiger partial charge in [0, 0.05) is 27.5 Å². The highest BCUT2D eigenvalue weighted by Gasteiger charge is 2.20. The van der Waals surface area contributed by atoms with E-state index >= 15 is 0 Å². The Morgan fingerprint density at radius 3 is 1.55 bits per heavy atom. The maximum Gasteiger partial charge on any atom is 0.137 e. The van der Waals surface area contributed by atoms with Crippen LogP contribution in [0.2, 0.25) is 0 Å². The monoisotopic (exact) mass is 653 g/mol. The Balaban J connectivity index is 1.10. The van der Waals surface area contributed by atoms with Gasteiger partial charge in [-0.1, -0.05) is 127 Å². The van der Waals surface area contributed by atoms with Crippen molar-refractivity contribution in [2.75, 3.05) is 4.90 Å². The average molecular weight is 654 g/mol. The topological polar surface area (TPSA) is 29.5 Å². The Morgan fingerprint density at radius 2 is 0.824 bits per heavy atom. The zero-order valence-electron chi connectivity index (χ0n) is 27.7. The molecule has 0 aliphatic carbocycles. The van der Waals surface area contributed by atoms with Gasteiger partial charge in [-0.2, -0.15) is 0 Å². The molecule has 3 heteroatoms. The number of hydrogen-bond acceptors (Lipinski definition) is 3. The minimum atomic E-state index is 0.865. The maximum absolute atomic E-state index is 6.35. The number of furan rings is 2. The molecule has 8 aromatic carbocycles. The molecule has 0 fully saturated rings. The lowest BCUT2D eigenvalue weighted by Gasteiger charge is -2.27. The molecule has 0 spiro atoms. The fraction of sp³-hybridized carbons (Fsp3) is 0. The van der Waals surface area contributed by atoms with E-state index in [1.807, 2.05) is 24.3 Å². The van der Waals surface area contributed by atoms with Gasteiger partial charge in [0.2, 0.25) is 0 Å². The summed E-state index contributed by atoms with van der Waals surface area (Å²) < 4.78 is 12.5. The second-order valence-electron chi connectivity index (χ2n) is 12.9. The number of benzene rings is 8. The zero-order valence-corrected chi connectivity index (χ0v) is 27.7. The summed E-state index contributed by atoms with van der Waals surface area (Å²) in [6.07, 6.45) is 0. The summed E-state index contributed by atoms with van der Waals surface area (Å²) in [6.45, 7) is 0. The van der Waals surface area contributed by atoms with Gasteiger partial charge >= 0.3 is 0 Å². The summed E-state index contributed by atoms with van der Waals surface area (Å²) in [6, 6.07) is 66.3. The largest absolute Gasteiger partial charge is 0.456 e. The van der Waals surface area contributed by atoms with E-state index in [1.165, 1.54) is 22.3 Å². The second kappa shape index (κ2) is 11.9. The summed E-state index contributed by atoms with van der Waals surface area (Å²) in [7, 11) is 0. The van der Waals surface area contributed by atoms with Crippen molar-refractivity contribution in [2.24, 2.45) is 0 Å². The quantitative estimate of drug-likeness (QED) is 0.179. The molecule has 0 bridgehead atoms. The number of anilines is 3. The highest BCUT2D eigenvalue weighted by atomic mass is 16.3. The fourth-order valence-corrected chi connectivity index (χ4v) is 7.47. The van der Waals surface area contributed by atoms with Gasteiger partial charge in [0.15, 0.2) is 0 Å². The van der Waals surface area contributed by atoms with Crippen molar-refractivity contribution >= 4 is 60.9 Å². The Bertz CT molecular complexity index is 2840. The summed E-state index contributed by atoms with van der Waals surface area (Å²) in [5.41, 5.74) is 13.8. The van der Waals surface area contributed by atoms with E-state index in [0.717, 1.165) is 72.1 Å². The van der Waals surface area contributed by atoms with E-state index in [-0.39, 0.29) is 0 Å². The fourth-order valence-electron chi connectivity index (χ4n) is 7.47. The SMILES string of the molecule is c1ccc(-c2ccccc2-c2ccc(N(c3ccc(-c4ccc5oc6ccccc6c5c4)cc3)c3cccc4oc5ccccc5c34)cc2)cc1. The molecule has 51 heavy (non-hydrogen) atoms. The first kappa shape index (κ1) is 29.1. The summed E-state index contributed by atoms with van der Waals surface area (Å²) >= 11 is 0. The molecule has 240 valence electrons. The highest BCUT2D eigenvalue weighted by molar-refractivity contribution is 6.13. The first-order chi connectivity index (χ1) is 25.3. The number of para-hydroxylation sites is 2. The van der Waals surface area contributed by atoms with Crippen LogP contribution in [0, 0.1) is 0 Å². The van der Waals surface area contributed by atoms with E-state index in [1.54, 1.807) is 0 Å². The van der Waals surface area contributed by atoms with E-state index in [2.05, 4.69) is 169 Å². The summed E-state index contributed by atoms with van der Waals surface area (Å²) in [5.74, 6) is 0. The molecule has 0 amide bonds. The molecule has 10 aromatic rings. The summed E-state index contributed by atoms with van der Waals surface area (Å²) in [4.78, 5) is 2.34. The normalized spacial score (nSPS) is 11.5. The van der Waals surface area contributed by atoms with Crippen LogP contribution in [0.1, 0.15) is 0 Å². The van der Waals surface area contributed by atoms with E-state index < -0.39 is 0 Å². The third kappa shape index (κ3) is 4.98. The van der Waals surface area contributed by atoms with Crippen LogP contribution in [0.3, 0.4) is 0 Å². The Hall–Kier alpha value is -6.84. The van der Waals surface area contributed by atoms with Gasteiger partial charge in [0.25, 0.3) is 0 Å². The van der Waals surface area contributed by atoms with Gasteiger partial charge in [-0.3, -0.25) is 0 Å². The molecule has 10 rings (SSSR count). The number of nitrogens with zero attached hydrogens (tertiary/aromatic N) is 1. The number of fused-ring (bicyclic) bond motifs is 6. The lowest BCUT2D eigenvalue weighted by Crippen LogP contribution is -2.10. The average Bonchev–Trinajstić information content (AvgIpc) is 3.77. The van der Waals surface area contributed by atoms with Crippen molar-refractivity contribution in [1.82, 2.24) is 0 Å². The first-order valence-corrected chi connectivity index (χ1v) is 17.3. The van der Waals surface area contributed by atoms with Crippen LogP contribution < -0.4 is 4.90 Å². The van der Waals surface area contributed by atoms with Crippen molar-refractivity contribution in [3.63, 3.8) is 0 Å². The standard InChI is InChI=1S/C48H31NO2/c1-2-11-33(12-3-1)38-13-4-5-14-39(38)34-23-28-37(29-24-34)49(43-17-10-20-47-48(43)41-16-7-9-19-45(41)51-47)36-26-21-32(22-27-36)35-25-30-46-42(31-35)40-15-6-8-18-44(40)50-46/h1-31H. The zero-order chi connectivity index (χ0) is 33.7. The number of hydrogen-bond donors (Lipinski definition) is 0. The van der Waals surface area contributed by atoms with Crippen LogP contribution in [-0.4, -0.2) is 0 Å². The molecule has 3 nitrogen and oxygen atoms in total. The predicted molar refractivity (Wildman–Crippen MR) is 212 cm³/mol. The van der Waals surface area contributed by atoms with Crippen molar-refractivity contribution < 1.29 is 8.83 Å². The van der Waals surface area contributed by atoms with Crippen LogP contribution in [0.4, 0.5) is 17.1 Å². The van der Waals surface area contributed by atoms with Crippen molar-refractivity contribution in [2.45, 2.75) is 0 Å². The van der Waals surface area contributed by atoms with E-state index in [4.69, 9.17) is 8.83 Å². The van der Waals surface area contributed by atoms with Gasteiger partial charge in [0.05, 0.1) is 11.1 Å². The van der Waals surface area contributed by atoms with Gasteiger partial charge in [-0.05, 0) is 94.0 Å². The van der Waals surface area contributed by atoms with Gasteiger partial charge < -0.3 is 13.7 Å². The van der Waals surface area contributed by atoms with Crippen molar-refractivity contribution in [3.8, 4) is 33.4 Å². The molecule has 0 aliphatic rings. The smallest absolute Gasteiger partial charge is 0.137 e. The first-order valence-electron chi connectivity index (χ1n) is 17.3. The van der Waals surface area contributed by atoms with E-state index in [9.17, 15) is 0 Å². The molecule has 0 saturated heterocycles. The maximum atomic E-state index is 6.35. The Morgan fingerprint density at radius 1 is 0.314 bits per heavy atom. The molecular formula is C48H31NO2. The van der Waals surface area contributed by atoms with Crippen LogP contribution >= 0.6 is 0 Å². The van der Waals surface area contributed by atoms with Crippen LogP contribution in [0.5, 0.6) is 0 Å². The van der Waals surface area contributed by atoms with Gasteiger partial charge in [-0.15, -0.1) is 0 Å². The molecule has 0 atom stereocenters. The minimum absolute atomic E-state index is 0.865. The molecule has 2 aromatic heterocycles. The molecule has 0 aliphatic heterocycles. The Labute approximate surface area is 295 Å². The predicted octanol–water partition coefficient (Wildman–Crippen LogP) is 14.0. The molecule has 0 radical (unpaired) electrons. The van der Waals surface area contributed by atoms with Crippen LogP contribution in [0.25, 0.3) is 77.3 Å². The third-order valence-electron chi connectivity index (χ3n) is 9.91. The van der Waals surface area contributed by atoms with Crippen LogP contribution in [0.15, 0.2) is 197 Å². The number of rotatable bonds is 6. The molecule has 2 heterocycles. The third-order valence-corrected chi connectivity index (χ3v) is 9.91. The second-order valence-corrected chi connectivity index (χ2v) is 12.9. The van der Waals surface area contributed by atoms with E-state index in [0.29, 0.717) is 0 Å². The van der Waals surface area contributed by atoms with Crippen LogP contribution in [-0.2, 0) is 0 Å². The highest BCUT2D eigenvalue weighted by Crippen LogP contribution is 2.44. The Kier molecular flexibility index (Phi) is 6.81. The molecule has 0 saturated carbocycles. The lowest BCUT2D eigenvalue weighted by atomic mass is 9.94. The summed E-state index contributed by atoms with van der Waals surface area (Å²) in [5, 5.41) is 4.44. The van der Waals surface area contributed by atoms with Gasteiger partial charge in [-0.25, -0.2) is 0 Å². The lowest BCUT2D eigenvalue weighted by molar-refractivity contribution is 0.668. The van der Waals surface area contributed by atoms with Crippen molar-refractivity contribution in [3.05, 3.63) is 188 Å². The minimum Gasteiger partial charge on any atom is -0.456 e. The molecular weight excluding hydrogens is 623 g/mol. The molecule has 0 unspecified atom stereocenters.